The van der Waals surface area contributed by atoms with Gasteiger partial charge in [0.2, 0.25) is 10.0 Å². The molecule has 0 bridgehead atoms. The molecule has 0 aliphatic heterocycles. The fourth-order valence-corrected chi connectivity index (χ4v) is 1.46. The van der Waals surface area contributed by atoms with Crippen molar-refractivity contribution in [3.05, 3.63) is 0 Å². The van der Waals surface area contributed by atoms with Crippen molar-refractivity contribution >= 4 is 15.7 Å². The van der Waals surface area contributed by atoms with Crippen LogP contribution in [0, 0.1) is 0 Å². The van der Waals surface area contributed by atoms with Gasteiger partial charge in [0.15, 0.2) is 0 Å². The molecule has 1 N–H and O–H groups in total. The van der Waals surface area contributed by atoms with Crippen LogP contribution in [0.3, 0.4) is 0 Å². The third-order valence-electron chi connectivity index (χ3n) is 1.36. The van der Waals surface area contributed by atoms with Gasteiger partial charge in [0.05, 0.1) is 5.75 Å². The highest BCUT2D eigenvalue weighted by atomic mass is 32.2. The molecule has 0 aromatic heterocycles. The molecule has 72 valence electrons. The maximum absolute atomic E-state index is 11.0. The molecule has 12 heavy (non-hydrogen) atoms. The average molecular weight is 192 g/mol. The lowest BCUT2D eigenvalue weighted by Gasteiger charge is -2.01. The predicted octanol–water partition coefficient (Wildman–Crippen LogP) is 1.10. The molecule has 0 saturated heterocycles. The van der Waals surface area contributed by atoms with E-state index in [0.29, 0.717) is 6.42 Å². The predicted molar refractivity (Wildman–Crippen MR) is 50.6 cm³/mol. The Hall–Kier alpha value is -0.580. The van der Waals surface area contributed by atoms with E-state index in [2.05, 4.69) is 9.93 Å². The van der Waals surface area contributed by atoms with Crippen molar-refractivity contribution < 1.29 is 8.42 Å². The summed E-state index contributed by atoms with van der Waals surface area (Å²) in [5.74, 6) is 0.132. The van der Waals surface area contributed by atoms with Gasteiger partial charge >= 0.3 is 0 Å². The summed E-state index contributed by atoms with van der Waals surface area (Å²) in [5.41, 5.74) is 0.787. The molecule has 0 aliphatic rings. The number of rotatable bonds is 5. The summed E-state index contributed by atoms with van der Waals surface area (Å²) in [6.45, 7) is 5.52. The first kappa shape index (κ1) is 11.4. The van der Waals surface area contributed by atoms with Gasteiger partial charge in [0, 0.05) is 5.71 Å². The van der Waals surface area contributed by atoms with Gasteiger partial charge < -0.3 is 0 Å². The Bertz CT molecular complexity index is 244. The normalized spacial score (nSPS) is 13.1. The second-order valence-electron chi connectivity index (χ2n) is 2.61. The molecule has 0 atom stereocenters. The van der Waals surface area contributed by atoms with Crippen LogP contribution in [0.15, 0.2) is 5.10 Å². The summed E-state index contributed by atoms with van der Waals surface area (Å²) >= 11 is 0. The van der Waals surface area contributed by atoms with Crippen LogP contribution in [-0.2, 0) is 10.0 Å². The zero-order chi connectivity index (χ0) is 9.61. The highest BCUT2D eigenvalue weighted by Gasteiger charge is 2.05. The van der Waals surface area contributed by atoms with E-state index in [4.69, 9.17) is 0 Å². The third kappa shape index (κ3) is 5.12. The standard InChI is InChI=1S/C7H16N2O2S/c1-4-6-12(10,11)9-8-7(3)5-2/h9H,4-6H2,1-3H3/b8-7-. The van der Waals surface area contributed by atoms with Crippen molar-refractivity contribution in [1.29, 1.82) is 0 Å². The zero-order valence-electron chi connectivity index (χ0n) is 7.79. The van der Waals surface area contributed by atoms with Crippen LogP contribution in [0.2, 0.25) is 0 Å². The van der Waals surface area contributed by atoms with Crippen LogP contribution in [-0.4, -0.2) is 19.9 Å². The SMILES string of the molecule is CCCS(=O)(=O)N/N=C(/C)CC. The summed E-state index contributed by atoms with van der Waals surface area (Å²) in [7, 11) is -3.17. The van der Waals surface area contributed by atoms with E-state index in [9.17, 15) is 8.42 Å². The molecule has 0 saturated carbocycles. The molecule has 5 heteroatoms. The smallest absolute Gasteiger partial charge is 0.205 e. The molecule has 0 heterocycles. The fraction of sp³-hybridized carbons (Fsp3) is 0.857. The second-order valence-corrected chi connectivity index (χ2v) is 4.43. The minimum absolute atomic E-state index is 0.132. The van der Waals surface area contributed by atoms with Crippen LogP contribution in [0.25, 0.3) is 0 Å². The highest BCUT2D eigenvalue weighted by molar-refractivity contribution is 7.89. The van der Waals surface area contributed by atoms with Gasteiger partial charge in [-0.3, -0.25) is 0 Å². The first-order valence-corrected chi connectivity index (χ1v) is 5.69. The Morgan fingerprint density at radius 2 is 2.00 bits per heavy atom. The van der Waals surface area contributed by atoms with Crippen molar-refractivity contribution in [3.8, 4) is 0 Å². The van der Waals surface area contributed by atoms with Crippen molar-refractivity contribution in [2.75, 3.05) is 5.75 Å². The number of hydrogen-bond acceptors (Lipinski definition) is 3. The lowest BCUT2D eigenvalue weighted by molar-refractivity contribution is 0.583. The van der Waals surface area contributed by atoms with Gasteiger partial charge in [-0.15, -0.1) is 0 Å². The van der Waals surface area contributed by atoms with Crippen LogP contribution in [0.4, 0.5) is 0 Å². The second kappa shape index (κ2) is 5.13. The Morgan fingerprint density at radius 1 is 1.42 bits per heavy atom. The molecule has 0 rings (SSSR count). The van der Waals surface area contributed by atoms with E-state index in [1.165, 1.54) is 0 Å². The first-order valence-electron chi connectivity index (χ1n) is 4.04. The van der Waals surface area contributed by atoms with Crippen molar-refractivity contribution in [2.24, 2.45) is 5.10 Å². The van der Waals surface area contributed by atoms with E-state index >= 15 is 0 Å². The number of nitrogens with zero attached hydrogens (tertiary/aromatic N) is 1. The average Bonchev–Trinajstić information content (AvgIpc) is 2.00. The van der Waals surface area contributed by atoms with Crippen molar-refractivity contribution in [1.82, 2.24) is 4.83 Å². The van der Waals surface area contributed by atoms with Gasteiger partial charge in [0.1, 0.15) is 0 Å². The highest BCUT2D eigenvalue weighted by Crippen LogP contribution is 1.89. The van der Waals surface area contributed by atoms with E-state index < -0.39 is 10.0 Å². The lowest BCUT2D eigenvalue weighted by atomic mass is 10.3. The number of hydrazone groups is 1. The molecule has 0 aromatic carbocycles. The topological polar surface area (TPSA) is 58.5 Å². The zero-order valence-corrected chi connectivity index (χ0v) is 8.61. The monoisotopic (exact) mass is 192 g/mol. The third-order valence-corrected chi connectivity index (χ3v) is 2.68. The lowest BCUT2D eigenvalue weighted by Crippen LogP contribution is -2.22. The quantitative estimate of drug-likeness (QED) is 0.524. The van der Waals surface area contributed by atoms with E-state index in [-0.39, 0.29) is 5.75 Å². The Balaban J connectivity index is 4.09. The Morgan fingerprint density at radius 3 is 2.42 bits per heavy atom. The Kier molecular flexibility index (Phi) is 4.89. The van der Waals surface area contributed by atoms with Crippen molar-refractivity contribution in [2.45, 2.75) is 33.6 Å². The molecule has 0 aromatic rings. The van der Waals surface area contributed by atoms with E-state index in [1.807, 2.05) is 13.8 Å². The minimum atomic E-state index is -3.17. The number of sulfonamides is 1. The van der Waals surface area contributed by atoms with Gasteiger partial charge in [-0.05, 0) is 19.8 Å². The molecule has 0 unspecified atom stereocenters. The van der Waals surface area contributed by atoms with Crippen LogP contribution < -0.4 is 4.83 Å². The summed E-state index contributed by atoms with van der Waals surface area (Å²) < 4.78 is 22.1. The largest absolute Gasteiger partial charge is 0.247 e. The molecule has 0 fully saturated rings. The van der Waals surface area contributed by atoms with Crippen LogP contribution in [0.5, 0.6) is 0 Å². The van der Waals surface area contributed by atoms with Gasteiger partial charge in [-0.1, -0.05) is 13.8 Å². The number of hydrogen-bond donors (Lipinski definition) is 1. The van der Waals surface area contributed by atoms with E-state index in [1.54, 1.807) is 6.92 Å². The minimum Gasteiger partial charge on any atom is -0.205 e. The molecule has 0 aliphatic carbocycles. The van der Waals surface area contributed by atoms with Gasteiger partial charge in [-0.25, -0.2) is 13.2 Å². The molecule has 0 radical (unpaired) electrons. The van der Waals surface area contributed by atoms with Gasteiger partial charge in [-0.2, -0.15) is 5.10 Å². The molecule has 0 spiro atoms. The molecule has 0 amide bonds. The Labute approximate surface area is 74.1 Å². The molecule has 4 nitrogen and oxygen atoms in total. The fourth-order valence-electron chi connectivity index (χ4n) is 0.541. The molecular weight excluding hydrogens is 176 g/mol. The van der Waals surface area contributed by atoms with Crippen LogP contribution >= 0.6 is 0 Å². The van der Waals surface area contributed by atoms with Crippen molar-refractivity contribution in [3.63, 3.8) is 0 Å². The van der Waals surface area contributed by atoms with Gasteiger partial charge in [0.25, 0.3) is 0 Å². The van der Waals surface area contributed by atoms with E-state index in [0.717, 1.165) is 12.1 Å². The van der Waals surface area contributed by atoms with Crippen LogP contribution in [0.1, 0.15) is 33.6 Å². The summed E-state index contributed by atoms with van der Waals surface area (Å²) in [6, 6.07) is 0. The maximum Gasteiger partial charge on any atom is 0.247 e. The summed E-state index contributed by atoms with van der Waals surface area (Å²) in [5, 5.41) is 3.71. The summed E-state index contributed by atoms with van der Waals surface area (Å²) in [6.07, 6.45) is 1.37. The first-order chi connectivity index (χ1) is 5.52. The molecular formula is C7H16N2O2S. The maximum atomic E-state index is 11.0. The summed E-state index contributed by atoms with van der Waals surface area (Å²) in [4.78, 5) is 2.17. The number of nitrogens with one attached hydrogen (secondary N) is 1.